The number of aliphatic hydroxyl groups is 1. The molecule has 1 aliphatic carbocycles. The summed E-state index contributed by atoms with van der Waals surface area (Å²) in [4.78, 5) is 4.60. The molecule has 4 rings (SSSR count). The fraction of sp³-hybridized carbons (Fsp3) is 0.391. The number of aryl methyl sites for hydroxylation is 1. The molecule has 27 heavy (non-hydrogen) atoms. The van der Waals surface area contributed by atoms with Gasteiger partial charge in [-0.25, -0.2) is 0 Å². The standard InChI is InChI=1S/C23H26N2O2/c26-17-18-9-11-19(12-10-18)22-24-21(27-25-22)13-16-23(14-5-2-6-15-23)20-7-3-1-4-8-20/h1,3-4,7-12,26H,2,5-6,13-17H2. The van der Waals surface area contributed by atoms with Gasteiger partial charge in [-0.3, -0.25) is 0 Å². The summed E-state index contributed by atoms with van der Waals surface area (Å²) in [6.45, 7) is 0.0410. The van der Waals surface area contributed by atoms with Crippen molar-refractivity contribution < 1.29 is 9.63 Å². The maximum atomic E-state index is 9.17. The highest BCUT2D eigenvalue weighted by Gasteiger charge is 2.33. The van der Waals surface area contributed by atoms with Crippen molar-refractivity contribution in [2.45, 2.75) is 57.0 Å². The molecule has 1 N–H and O–H groups in total. The van der Waals surface area contributed by atoms with Crippen LogP contribution in [0.1, 0.15) is 55.5 Å². The van der Waals surface area contributed by atoms with Crippen molar-refractivity contribution in [1.82, 2.24) is 10.1 Å². The van der Waals surface area contributed by atoms with Gasteiger partial charge in [0, 0.05) is 12.0 Å². The lowest BCUT2D eigenvalue weighted by molar-refractivity contribution is 0.261. The SMILES string of the molecule is OCc1ccc(-c2noc(CCC3(c4ccccc4)CCCCC3)n2)cc1. The molecule has 0 unspecified atom stereocenters. The number of hydrogen-bond donors (Lipinski definition) is 1. The minimum absolute atomic E-state index is 0.0410. The molecule has 1 fully saturated rings. The summed E-state index contributed by atoms with van der Waals surface area (Å²) in [5, 5.41) is 13.3. The molecule has 0 spiro atoms. The Morgan fingerprint density at radius 3 is 2.37 bits per heavy atom. The van der Waals surface area contributed by atoms with Crippen LogP contribution in [0.3, 0.4) is 0 Å². The van der Waals surface area contributed by atoms with E-state index >= 15 is 0 Å². The molecule has 0 bridgehead atoms. The molecule has 4 heteroatoms. The quantitative estimate of drug-likeness (QED) is 0.665. The fourth-order valence-corrected chi connectivity index (χ4v) is 4.28. The van der Waals surface area contributed by atoms with Crippen molar-refractivity contribution >= 4 is 0 Å². The van der Waals surface area contributed by atoms with E-state index in [0.29, 0.717) is 11.7 Å². The van der Waals surface area contributed by atoms with Gasteiger partial charge in [0.1, 0.15) is 0 Å². The van der Waals surface area contributed by atoms with Crippen LogP contribution in [-0.2, 0) is 18.4 Å². The Bertz CT molecular complexity index is 850. The molecule has 0 atom stereocenters. The zero-order chi connectivity index (χ0) is 18.5. The number of aliphatic hydroxyl groups excluding tert-OH is 1. The lowest BCUT2D eigenvalue weighted by Crippen LogP contribution is -2.29. The van der Waals surface area contributed by atoms with Crippen LogP contribution in [-0.4, -0.2) is 15.2 Å². The molecular formula is C23H26N2O2. The molecule has 1 aliphatic rings. The molecule has 0 radical (unpaired) electrons. The van der Waals surface area contributed by atoms with Gasteiger partial charge in [0.2, 0.25) is 11.7 Å². The Hall–Kier alpha value is -2.46. The average molecular weight is 362 g/mol. The molecule has 4 nitrogen and oxygen atoms in total. The third-order valence-electron chi connectivity index (χ3n) is 5.88. The second-order valence-corrected chi connectivity index (χ2v) is 7.57. The highest BCUT2D eigenvalue weighted by Crippen LogP contribution is 2.42. The first-order valence-electron chi connectivity index (χ1n) is 9.87. The van der Waals surface area contributed by atoms with E-state index in [-0.39, 0.29) is 12.0 Å². The summed E-state index contributed by atoms with van der Waals surface area (Å²) in [7, 11) is 0. The van der Waals surface area contributed by atoms with Gasteiger partial charge < -0.3 is 9.63 Å². The Morgan fingerprint density at radius 1 is 0.926 bits per heavy atom. The first kappa shape index (κ1) is 17.9. The second-order valence-electron chi connectivity index (χ2n) is 7.57. The Kier molecular flexibility index (Phi) is 5.35. The van der Waals surface area contributed by atoms with Crippen LogP contribution < -0.4 is 0 Å². The van der Waals surface area contributed by atoms with E-state index in [1.165, 1.54) is 37.7 Å². The summed E-state index contributed by atoms with van der Waals surface area (Å²) in [6.07, 6.45) is 8.24. The van der Waals surface area contributed by atoms with Crippen molar-refractivity contribution in [1.29, 1.82) is 0 Å². The van der Waals surface area contributed by atoms with Gasteiger partial charge in [-0.15, -0.1) is 0 Å². The lowest BCUT2D eigenvalue weighted by atomic mass is 9.67. The van der Waals surface area contributed by atoms with Crippen LogP contribution in [0.15, 0.2) is 59.1 Å². The van der Waals surface area contributed by atoms with Crippen LogP contribution in [0.5, 0.6) is 0 Å². The van der Waals surface area contributed by atoms with Gasteiger partial charge in [0.15, 0.2) is 0 Å². The molecule has 0 amide bonds. The second kappa shape index (κ2) is 8.05. The Morgan fingerprint density at radius 2 is 1.67 bits per heavy atom. The van der Waals surface area contributed by atoms with E-state index in [1.54, 1.807) is 0 Å². The zero-order valence-electron chi connectivity index (χ0n) is 15.6. The van der Waals surface area contributed by atoms with E-state index in [1.807, 2.05) is 24.3 Å². The van der Waals surface area contributed by atoms with Crippen molar-refractivity contribution in [3.8, 4) is 11.4 Å². The zero-order valence-corrected chi connectivity index (χ0v) is 15.6. The normalized spacial score (nSPS) is 16.3. The number of aromatic nitrogens is 2. The minimum Gasteiger partial charge on any atom is -0.392 e. The maximum Gasteiger partial charge on any atom is 0.226 e. The molecule has 140 valence electrons. The van der Waals surface area contributed by atoms with Crippen LogP contribution in [0, 0.1) is 0 Å². The molecule has 1 aromatic heterocycles. The summed E-state index contributed by atoms with van der Waals surface area (Å²) < 4.78 is 5.54. The maximum absolute atomic E-state index is 9.17. The lowest BCUT2D eigenvalue weighted by Gasteiger charge is -2.38. The summed E-state index contributed by atoms with van der Waals surface area (Å²) in [6, 6.07) is 18.5. The average Bonchev–Trinajstić information content (AvgIpc) is 3.23. The highest BCUT2D eigenvalue weighted by atomic mass is 16.5. The monoisotopic (exact) mass is 362 g/mol. The van der Waals surface area contributed by atoms with Gasteiger partial charge in [0.25, 0.3) is 0 Å². The highest BCUT2D eigenvalue weighted by molar-refractivity contribution is 5.54. The molecule has 1 heterocycles. The van der Waals surface area contributed by atoms with E-state index in [0.717, 1.165) is 24.0 Å². The van der Waals surface area contributed by atoms with E-state index < -0.39 is 0 Å². The predicted octanol–water partition coefficient (Wildman–Crippen LogP) is 5.06. The summed E-state index contributed by atoms with van der Waals surface area (Å²) >= 11 is 0. The van der Waals surface area contributed by atoms with Gasteiger partial charge >= 0.3 is 0 Å². The molecule has 0 aliphatic heterocycles. The smallest absolute Gasteiger partial charge is 0.226 e. The Labute approximate surface area is 160 Å². The number of nitrogens with zero attached hydrogens (tertiary/aromatic N) is 2. The molecule has 2 aromatic carbocycles. The first-order valence-corrected chi connectivity index (χ1v) is 9.87. The fourth-order valence-electron chi connectivity index (χ4n) is 4.28. The van der Waals surface area contributed by atoms with Crippen molar-refractivity contribution in [3.05, 3.63) is 71.6 Å². The molecule has 3 aromatic rings. The number of hydrogen-bond acceptors (Lipinski definition) is 4. The summed E-state index contributed by atoms with van der Waals surface area (Å²) in [5.74, 6) is 1.32. The molecular weight excluding hydrogens is 336 g/mol. The largest absolute Gasteiger partial charge is 0.392 e. The van der Waals surface area contributed by atoms with Crippen LogP contribution in [0.2, 0.25) is 0 Å². The Balaban J connectivity index is 1.49. The van der Waals surface area contributed by atoms with Crippen molar-refractivity contribution in [2.24, 2.45) is 0 Å². The summed E-state index contributed by atoms with van der Waals surface area (Å²) in [5.41, 5.74) is 3.47. The van der Waals surface area contributed by atoms with Gasteiger partial charge in [-0.2, -0.15) is 4.98 Å². The molecule has 1 saturated carbocycles. The van der Waals surface area contributed by atoms with Gasteiger partial charge in [-0.05, 0) is 35.8 Å². The topological polar surface area (TPSA) is 59.2 Å². The van der Waals surface area contributed by atoms with E-state index in [2.05, 4.69) is 40.5 Å². The van der Waals surface area contributed by atoms with Crippen molar-refractivity contribution in [2.75, 3.05) is 0 Å². The van der Waals surface area contributed by atoms with Crippen LogP contribution >= 0.6 is 0 Å². The number of benzene rings is 2. The predicted molar refractivity (Wildman–Crippen MR) is 105 cm³/mol. The number of rotatable bonds is 6. The first-order chi connectivity index (χ1) is 13.3. The molecule has 0 saturated heterocycles. The van der Waals surface area contributed by atoms with Crippen LogP contribution in [0.25, 0.3) is 11.4 Å². The third kappa shape index (κ3) is 3.96. The minimum atomic E-state index is 0.0410. The van der Waals surface area contributed by atoms with E-state index in [9.17, 15) is 0 Å². The van der Waals surface area contributed by atoms with Crippen LogP contribution in [0.4, 0.5) is 0 Å². The van der Waals surface area contributed by atoms with Gasteiger partial charge in [0.05, 0.1) is 6.61 Å². The third-order valence-corrected chi connectivity index (χ3v) is 5.88. The van der Waals surface area contributed by atoms with Gasteiger partial charge in [-0.1, -0.05) is 79.0 Å². The van der Waals surface area contributed by atoms with Crippen molar-refractivity contribution in [3.63, 3.8) is 0 Å². The van der Waals surface area contributed by atoms with E-state index in [4.69, 9.17) is 9.63 Å².